The number of anilines is 1. The lowest BCUT2D eigenvalue weighted by atomic mass is 9.89. The third kappa shape index (κ3) is 5.98. The van der Waals surface area contributed by atoms with Crippen LogP contribution in [0.4, 0.5) is 5.69 Å². The van der Waals surface area contributed by atoms with Gasteiger partial charge in [0, 0.05) is 73.0 Å². The van der Waals surface area contributed by atoms with Gasteiger partial charge in [-0.1, -0.05) is 42.5 Å². The van der Waals surface area contributed by atoms with Gasteiger partial charge in [-0.3, -0.25) is 14.4 Å². The summed E-state index contributed by atoms with van der Waals surface area (Å²) in [7, 11) is 1.76. The van der Waals surface area contributed by atoms with Crippen molar-refractivity contribution in [2.45, 2.75) is 64.7 Å². The molecule has 258 valence electrons. The number of carbonyl (C=O) groups is 3. The minimum absolute atomic E-state index is 0.00441. The molecule has 0 saturated heterocycles. The van der Waals surface area contributed by atoms with Crippen LogP contribution in [0, 0.1) is 0 Å². The largest absolute Gasteiger partial charge is 0.508 e. The van der Waals surface area contributed by atoms with Crippen LogP contribution in [0.15, 0.2) is 97.1 Å². The van der Waals surface area contributed by atoms with Crippen LogP contribution >= 0.6 is 0 Å². The van der Waals surface area contributed by atoms with Gasteiger partial charge in [-0.05, 0) is 116 Å². The summed E-state index contributed by atoms with van der Waals surface area (Å²) in [6, 6.07) is 30.5. The molecule has 0 spiro atoms. The summed E-state index contributed by atoms with van der Waals surface area (Å²) < 4.78 is 2.25. The van der Waals surface area contributed by atoms with E-state index in [9.17, 15) is 19.5 Å². The van der Waals surface area contributed by atoms with Crippen LogP contribution in [0.1, 0.15) is 78.8 Å². The fourth-order valence-electron chi connectivity index (χ4n) is 8.10. The third-order valence-electron chi connectivity index (χ3n) is 11.0. The number of amides is 3. The van der Waals surface area contributed by atoms with Gasteiger partial charge in [0.1, 0.15) is 5.75 Å². The summed E-state index contributed by atoms with van der Waals surface area (Å²) in [6.07, 6.45) is 4.20. The maximum atomic E-state index is 14.9. The fourth-order valence-corrected chi connectivity index (χ4v) is 8.10. The fraction of sp³-hybridized carbons (Fsp3) is 0.279. The van der Waals surface area contributed by atoms with E-state index in [1.54, 1.807) is 36.2 Å². The minimum Gasteiger partial charge on any atom is -0.508 e. The molecule has 8 rings (SSSR count). The van der Waals surface area contributed by atoms with E-state index < -0.39 is 0 Å². The van der Waals surface area contributed by atoms with Crippen LogP contribution in [-0.4, -0.2) is 56.8 Å². The first-order chi connectivity index (χ1) is 24.8. The SMILES string of the molecule is C[C@@H]1Cc2ccccc2CN1C(=O)c1cc2c(cc1-c1cc(C(=O)N(C)c3ccc(O)cc3)c3n1CCCC3)CCN(C(=O)c1ccccc1)C2. The molecule has 1 aromatic heterocycles. The molecule has 0 saturated carbocycles. The van der Waals surface area contributed by atoms with Gasteiger partial charge in [-0.2, -0.15) is 0 Å². The Morgan fingerprint density at radius 1 is 0.725 bits per heavy atom. The lowest BCUT2D eigenvalue weighted by Crippen LogP contribution is -2.43. The molecule has 5 aromatic rings. The average molecular weight is 679 g/mol. The van der Waals surface area contributed by atoms with E-state index in [1.165, 1.54) is 5.56 Å². The van der Waals surface area contributed by atoms with E-state index in [2.05, 4.69) is 35.8 Å². The summed E-state index contributed by atoms with van der Waals surface area (Å²) >= 11 is 0. The highest BCUT2D eigenvalue weighted by Gasteiger charge is 2.33. The molecule has 8 nitrogen and oxygen atoms in total. The first-order valence-electron chi connectivity index (χ1n) is 17.9. The number of rotatable bonds is 5. The van der Waals surface area contributed by atoms with Crippen molar-refractivity contribution in [2.75, 3.05) is 18.5 Å². The van der Waals surface area contributed by atoms with Crippen LogP contribution in [0.3, 0.4) is 0 Å². The third-order valence-corrected chi connectivity index (χ3v) is 11.0. The topological polar surface area (TPSA) is 86.1 Å². The molecule has 3 aliphatic heterocycles. The van der Waals surface area contributed by atoms with Gasteiger partial charge in [-0.25, -0.2) is 0 Å². The zero-order chi connectivity index (χ0) is 35.2. The van der Waals surface area contributed by atoms with Gasteiger partial charge in [0.2, 0.25) is 0 Å². The lowest BCUT2D eigenvalue weighted by Gasteiger charge is -2.36. The number of phenols is 1. The summed E-state index contributed by atoms with van der Waals surface area (Å²) in [6.45, 7) is 4.41. The number of carbonyl (C=O) groups excluding carboxylic acids is 3. The second-order valence-corrected chi connectivity index (χ2v) is 14.1. The highest BCUT2D eigenvalue weighted by atomic mass is 16.3. The lowest BCUT2D eigenvalue weighted by molar-refractivity contribution is 0.0658. The number of fused-ring (bicyclic) bond motifs is 3. The molecule has 1 N–H and O–H groups in total. The Bertz CT molecular complexity index is 2150. The maximum Gasteiger partial charge on any atom is 0.259 e. The molecular formula is C43H42N4O4. The molecule has 3 aliphatic rings. The van der Waals surface area contributed by atoms with Crippen molar-refractivity contribution in [2.24, 2.45) is 0 Å². The smallest absolute Gasteiger partial charge is 0.259 e. The van der Waals surface area contributed by atoms with E-state index in [0.29, 0.717) is 48.4 Å². The molecule has 0 unspecified atom stereocenters. The van der Waals surface area contributed by atoms with Crippen LogP contribution in [0.5, 0.6) is 5.75 Å². The van der Waals surface area contributed by atoms with E-state index >= 15 is 0 Å². The molecule has 4 heterocycles. The Kier molecular flexibility index (Phi) is 8.46. The molecule has 0 bridgehead atoms. The van der Waals surface area contributed by atoms with Crippen molar-refractivity contribution < 1.29 is 19.5 Å². The Hall–Kier alpha value is -5.63. The monoisotopic (exact) mass is 678 g/mol. The number of benzene rings is 4. The van der Waals surface area contributed by atoms with Crippen molar-refractivity contribution >= 4 is 23.4 Å². The Balaban J connectivity index is 1.23. The quantitative estimate of drug-likeness (QED) is 0.212. The minimum atomic E-state index is -0.125. The standard InChI is InChI=1S/C43H42N4O4/c1-28-22-30-12-6-7-13-32(30)27-47(28)43(51)37-24-33-26-45(41(49)29-10-4-3-5-11-29)21-19-31(33)23-36(37)40-25-38(39-14-8-9-20-46(39)40)42(50)44(2)34-15-17-35(48)18-16-34/h3-7,10-13,15-18,23-25,28,48H,8-9,14,19-22,26-27H2,1-2H3/t28-/m1/s1. The van der Waals surface area contributed by atoms with Gasteiger partial charge in [-0.15, -0.1) is 0 Å². The first kappa shape index (κ1) is 32.6. The maximum absolute atomic E-state index is 14.9. The molecule has 8 heteroatoms. The highest BCUT2D eigenvalue weighted by Crippen LogP contribution is 2.38. The van der Waals surface area contributed by atoms with Crippen LogP contribution in [-0.2, 0) is 38.9 Å². The van der Waals surface area contributed by atoms with Crippen LogP contribution < -0.4 is 4.90 Å². The number of hydrogen-bond donors (Lipinski definition) is 1. The average Bonchev–Trinajstić information content (AvgIpc) is 3.56. The molecule has 0 radical (unpaired) electrons. The van der Waals surface area contributed by atoms with Crippen molar-refractivity contribution in [1.82, 2.24) is 14.4 Å². The number of aromatic hydroxyl groups is 1. The van der Waals surface area contributed by atoms with Gasteiger partial charge >= 0.3 is 0 Å². The second kappa shape index (κ2) is 13.2. The molecule has 3 amide bonds. The van der Waals surface area contributed by atoms with E-state index in [0.717, 1.165) is 65.9 Å². The highest BCUT2D eigenvalue weighted by molar-refractivity contribution is 6.08. The molecular weight excluding hydrogens is 636 g/mol. The van der Waals surface area contributed by atoms with Crippen LogP contribution in [0.2, 0.25) is 0 Å². The Morgan fingerprint density at radius 2 is 1.47 bits per heavy atom. The predicted molar refractivity (Wildman–Crippen MR) is 198 cm³/mol. The Morgan fingerprint density at radius 3 is 2.25 bits per heavy atom. The van der Waals surface area contributed by atoms with Gasteiger partial charge in [0.05, 0.1) is 5.56 Å². The van der Waals surface area contributed by atoms with Crippen molar-refractivity contribution in [1.29, 1.82) is 0 Å². The van der Waals surface area contributed by atoms with E-state index in [4.69, 9.17) is 0 Å². The van der Waals surface area contributed by atoms with E-state index in [1.807, 2.05) is 58.3 Å². The molecule has 1 atom stereocenters. The summed E-state index contributed by atoms with van der Waals surface area (Å²) in [5.41, 5.74) is 9.83. The van der Waals surface area contributed by atoms with Gasteiger partial charge in [0.25, 0.3) is 17.7 Å². The van der Waals surface area contributed by atoms with Crippen molar-refractivity contribution in [3.8, 4) is 17.0 Å². The van der Waals surface area contributed by atoms with E-state index in [-0.39, 0.29) is 29.5 Å². The molecule has 4 aromatic carbocycles. The molecule has 0 fully saturated rings. The number of nitrogens with zero attached hydrogens (tertiary/aromatic N) is 4. The zero-order valence-corrected chi connectivity index (χ0v) is 29.1. The number of phenolic OH excluding ortho intramolecular Hbond substituents is 1. The summed E-state index contributed by atoms with van der Waals surface area (Å²) in [4.78, 5) is 48.1. The predicted octanol–water partition coefficient (Wildman–Crippen LogP) is 7.26. The molecule has 0 aliphatic carbocycles. The zero-order valence-electron chi connectivity index (χ0n) is 29.1. The summed E-state index contributed by atoms with van der Waals surface area (Å²) in [5, 5.41) is 9.83. The Labute approximate surface area is 298 Å². The normalized spacial score (nSPS) is 16.5. The van der Waals surface area contributed by atoms with Crippen molar-refractivity contribution in [3.05, 3.63) is 142 Å². The number of hydrogen-bond acceptors (Lipinski definition) is 4. The van der Waals surface area contributed by atoms with Gasteiger partial charge < -0.3 is 24.4 Å². The van der Waals surface area contributed by atoms with Gasteiger partial charge in [0.15, 0.2) is 0 Å². The summed E-state index contributed by atoms with van der Waals surface area (Å²) in [5.74, 6) is -0.0330. The first-order valence-corrected chi connectivity index (χ1v) is 17.9. The second-order valence-electron chi connectivity index (χ2n) is 14.1. The van der Waals surface area contributed by atoms with Crippen LogP contribution in [0.25, 0.3) is 11.3 Å². The molecule has 51 heavy (non-hydrogen) atoms. The van der Waals surface area contributed by atoms with Crippen molar-refractivity contribution in [3.63, 3.8) is 0 Å². The number of aromatic nitrogens is 1.